The first-order chi connectivity index (χ1) is 8.73. The highest BCUT2D eigenvalue weighted by atomic mass is 32.2. The van der Waals surface area contributed by atoms with Crippen molar-refractivity contribution in [3.63, 3.8) is 0 Å². The topological polar surface area (TPSA) is 66.8 Å². The summed E-state index contributed by atoms with van der Waals surface area (Å²) in [4.78, 5) is 0. The molecule has 114 valence electrons. The van der Waals surface area contributed by atoms with Gasteiger partial charge in [0.1, 0.15) is 0 Å². The zero-order valence-electron chi connectivity index (χ0n) is 12.4. The van der Waals surface area contributed by atoms with Crippen LogP contribution in [0.2, 0.25) is 0 Å². The Morgan fingerprint density at radius 3 is 2.63 bits per heavy atom. The number of rotatable bonds is 6. The Labute approximate surface area is 117 Å². The minimum absolute atomic E-state index is 0.208. The van der Waals surface area contributed by atoms with Gasteiger partial charge in [-0.25, -0.2) is 12.7 Å². The third-order valence-electron chi connectivity index (χ3n) is 4.38. The Balaban J connectivity index is 2.62. The lowest BCUT2D eigenvalue weighted by molar-refractivity contribution is -0.101. The van der Waals surface area contributed by atoms with Gasteiger partial charge >= 0.3 is 0 Å². The molecule has 0 saturated carbocycles. The van der Waals surface area contributed by atoms with E-state index in [9.17, 15) is 13.5 Å². The van der Waals surface area contributed by atoms with Crippen molar-refractivity contribution in [2.75, 3.05) is 26.5 Å². The lowest BCUT2D eigenvalue weighted by Crippen LogP contribution is -2.45. The van der Waals surface area contributed by atoms with Crippen molar-refractivity contribution in [3.05, 3.63) is 0 Å². The molecule has 0 aromatic heterocycles. The number of hydrogen-bond acceptors (Lipinski definition) is 4. The molecule has 1 fully saturated rings. The maximum absolute atomic E-state index is 11.6. The SMILES string of the molecule is CCC(C)(OC)C(O)CC1CCCN(S(C)(=O)=O)C1. The number of methoxy groups -OCH3 is 1. The van der Waals surface area contributed by atoms with E-state index in [1.54, 1.807) is 7.11 Å². The highest BCUT2D eigenvalue weighted by Crippen LogP contribution is 2.29. The molecule has 0 amide bonds. The summed E-state index contributed by atoms with van der Waals surface area (Å²) in [5.41, 5.74) is -0.548. The molecule has 0 aromatic rings. The van der Waals surface area contributed by atoms with Crippen LogP contribution in [0.15, 0.2) is 0 Å². The van der Waals surface area contributed by atoms with Gasteiger partial charge in [0.25, 0.3) is 0 Å². The summed E-state index contributed by atoms with van der Waals surface area (Å²) in [6.45, 7) is 4.99. The number of ether oxygens (including phenoxy) is 1. The summed E-state index contributed by atoms with van der Waals surface area (Å²) in [5.74, 6) is 0.208. The lowest BCUT2D eigenvalue weighted by atomic mass is 9.85. The summed E-state index contributed by atoms with van der Waals surface area (Å²) in [7, 11) is -1.51. The number of piperidine rings is 1. The fraction of sp³-hybridized carbons (Fsp3) is 1.00. The van der Waals surface area contributed by atoms with E-state index < -0.39 is 21.7 Å². The van der Waals surface area contributed by atoms with Gasteiger partial charge in [-0.3, -0.25) is 0 Å². The van der Waals surface area contributed by atoms with E-state index in [0.717, 1.165) is 19.3 Å². The molecular formula is C13H27NO4S. The van der Waals surface area contributed by atoms with Crippen LogP contribution in [-0.4, -0.2) is 56.0 Å². The molecule has 0 aromatic carbocycles. The second-order valence-corrected chi connectivity index (χ2v) is 7.73. The predicted molar refractivity (Wildman–Crippen MR) is 75.5 cm³/mol. The maximum atomic E-state index is 11.6. The van der Waals surface area contributed by atoms with E-state index in [4.69, 9.17) is 4.74 Å². The standard InChI is InChI=1S/C13H27NO4S/c1-5-13(2,18-3)12(15)9-11-7-6-8-14(10-11)19(4,16)17/h11-12,15H,5-10H2,1-4H3. The normalized spacial score (nSPS) is 26.9. The van der Waals surface area contributed by atoms with E-state index >= 15 is 0 Å². The van der Waals surface area contributed by atoms with Crippen LogP contribution in [0.25, 0.3) is 0 Å². The Kier molecular flexibility index (Phi) is 5.79. The molecule has 1 saturated heterocycles. The van der Waals surface area contributed by atoms with Crippen LogP contribution >= 0.6 is 0 Å². The van der Waals surface area contributed by atoms with Crippen molar-refractivity contribution in [1.29, 1.82) is 0 Å². The van der Waals surface area contributed by atoms with E-state index in [1.165, 1.54) is 10.6 Å². The average molecular weight is 293 g/mol. The van der Waals surface area contributed by atoms with Crippen molar-refractivity contribution in [2.24, 2.45) is 5.92 Å². The van der Waals surface area contributed by atoms with Crippen LogP contribution in [0, 0.1) is 5.92 Å². The number of aliphatic hydroxyl groups excluding tert-OH is 1. The molecule has 1 heterocycles. The second-order valence-electron chi connectivity index (χ2n) is 5.75. The van der Waals surface area contributed by atoms with Crippen LogP contribution in [-0.2, 0) is 14.8 Å². The molecule has 0 spiro atoms. The summed E-state index contributed by atoms with van der Waals surface area (Å²) in [5, 5.41) is 10.3. The van der Waals surface area contributed by atoms with Gasteiger partial charge in [-0.05, 0) is 38.5 Å². The van der Waals surface area contributed by atoms with Crippen molar-refractivity contribution in [3.8, 4) is 0 Å². The smallest absolute Gasteiger partial charge is 0.211 e. The Morgan fingerprint density at radius 2 is 2.16 bits per heavy atom. The molecule has 3 unspecified atom stereocenters. The summed E-state index contributed by atoms with van der Waals surface area (Å²) >= 11 is 0. The van der Waals surface area contributed by atoms with Crippen LogP contribution in [0.1, 0.15) is 39.5 Å². The monoisotopic (exact) mass is 293 g/mol. The van der Waals surface area contributed by atoms with Crippen LogP contribution in [0.3, 0.4) is 0 Å². The lowest BCUT2D eigenvalue weighted by Gasteiger charge is -2.37. The number of aliphatic hydroxyl groups is 1. The molecule has 0 bridgehead atoms. The predicted octanol–water partition coefficient (Wildman–Crippen LogP) is 1.22. The average Bonchev–Trinajstić information content (AvgIpc) is 2.37. The largest absolute Gasteiger partial charge is 0.390 e. The molecule has 0 radical (unpaired) electrons. The number of hydrogen-bond donors (Lipinski definition) is 1. The number of sulfonamides is 1. The quantitative estimate of drug-likeness (QED) is 0.800. The van der Waals surface area contributed by atoms with Crippen LogP contribution < -0.4 is 0 Å². The molecule has 1 N–H and O–H groups in total. The molecule has 19 heavy (non-hydrogen) atoms. The van der Waals surface area contributed by atoms with Crippen molar-refractivity contribution < 1.29 is 18.3 Å². The van der Waals surface area contributed by atoms with E-state index in [2.05, 4.69) is 0 Å². The maximum Gasteiger partial charge on any atom is 0.211 e. The van der Waals surface area contributed by atoms with Crippen molar-refractivity contribution >= 4 is 10.0 Å². The minimum atomic E-state index is -3.12. The first-order valence-electron chi connectivity index (χ1n) is 6.91. The van der Waals surface area contributed by atoms with Gasteiger partial charge in [0, 0.05) is 20.2 Å². The van der Waals surface area contributed by atoms with Gasteiger partial charge in [-0.2, -0.15) is 0 Å². The van der Waals surface area contributed by atoms with Gasteiger partial charge in [-0.1, -0.05) is 6.92 Å². The Morgan fingerprint density at radius 1 is 1.53 bits per heavy atom. The van der Waals surface area contributed by atoms with Crippen LogP contribution in [0.5, 0.6) is 0 Å². The summed E-state index contributed by atoms with van der Waals surface area (Å²) in [6, 6.07) is 0. The van der Waals surface area contributed by atoms with Gasteiger partial charge in [-0.15, -0.1) is 0 Å². The highest BCUT2D eigenvalue weighted by Gasteiger charge is 2.35. The first-order valence-corrected chi connectivity index (χ1v) is 8.76. The molecule has 6 heteroatoms. The summed E-state index contributed by atoms with van der Waals surface area (Å²) in [6.07, 6.45) is 3.83. The van der Waals surface area contributed by atoms with E-state index in [0.29, 0.717) is 19.5 Å². The number of nitrogens with zero attached hydrogens (tertiary/aromatic N) is 1. The molecular weight excluding hydrogens is 266 g/mol. The van der Waals surface area contributed by atoms with Gasteiger partial charge in [0.05, 0.1) is 18.0 Å². The van der Waals surface area contributed by atoms with Crippen LogP contribution in [0.4, 0.5) is 0 Å². The second kappa shape index (κ2) is 6.52. The molecule has 1 aliphatic rings. The van der Waals surface area contributed by atoms with Gasteiger partial charge < -0.3 is 9.84 Å². The molecule has 3 atom stereocenters. The molecule has 5 nitrogen and oxygen atoms in total. The van der Waals surface area contributed by atoms with Crippen molar-refractivity contribution in [1.82, 2.24) is 4.31 Å². The molecule has 1 rings (SSSR count). The Hall–Kier alpha value is -0.170. The zero-order chi connectivity index (χ0) is 14.7. The first kappa shape index (κ1) is 16.9. The summed E-state index contributed by atoms with van der Waals surface area (Å²) < 4.78 is 30.1. The van der Waals surface area contributed by atoms with E-state index in [-0.39, 0.29) is 5.92 Å². The molecule has 0 aliphatic carbocycles. The third-order valence-corrected chi connectivity index (χ3v) is 5.65. The van der Waals surface area contributed by atoms with Crippen molar-refractivity contribution in [2.45, 2.75) is 51.2 Å². The molecule has 1 aliphatic heterocycles. The van der Waals surface area contributed by atoms with E-state index in [1.807, 2.05) is 13.8 Å². The fourth-order valence-corrected chi connectivity index (χ4v) is 3.54. The minimum Gasteiger partial charge on any atom is -0.390 e. The zero-order valence-corrected chi connectivity index (χ0v) is 13.2. The van der Waals surface area contributed by atoms with Gasteiger partial charge in [0.15, 0.2) is 0 Å². The van der Waals surface area contributed by atoms with Gasteiger partial charge in [0.2, 0.25) is 10.0 Å². The Bertz CT molecular complexity index is 378. The third kappa shape index (κ3) is 4.41. The fourth-order valence-electron chi connectivity index (χ4n) is 2.60. The highest BCUT2D eigenvalue weighted by molar-refractivity contribution is 7.88.